The van der Waals surface area contributed by atoms with E-state index in [0.29, 0.717) is 22.3 Å². The number of nitrogens with one attached hydrogen (secondary N) is 1. The summed E-state index contributed by atoms with van der Waals surface area (Å²) < 4.78 is 6.02. The van der Waals surface area contributed by atoms with Crippen molar-refractivity contribution < 1.29 is 9.53 Å². The fraction of sp³-hybridized carbons (Fsp3) is 0.133. The molecule has 116 valence electrons. The van der Waals surface area contributed by atoms with Crippen LogP contribution in [0.2, 0.25) is 10.0 Å². The second-order valence-corrected chi connectivity index (χ2v) is 6.17. The first-order valence-electron chi connectivity index (χ1n) is 6.34. The second-order valence-electron chi connectivity index (χ2n) is 4.50. The van der Waals surface area contributed by atoms with E-state index >= 15 is 0 Å². The molecule has 0 aromatic heterocycles. The molecule has 0 spiro atoms. The van der Waals surface area contributed by atoms with Gasteiger partial charge in [0, 0.05) is 12.2 Å². The number of carbonyl (C=O) groups is 1. The van der Waals surface area contributed by atoms with Gasteiger partial charge in [-0.1, -0.05) is 29.3 Å². The molecule has 1 amide bonds. The van der Waals surface area contributed by atoms with Gasteiger partial charge in [-0.2, -0.15) is 0 Å². The van der Waals surface area contributed by atoms with Crippen molar-refractivity contribution in [2.45, 2.75) is 6.54 Å². The Hall–Kier alpha value is -1.43. The molecule has 2 rings (SSSR count). The van der Waals surface area contributed by atoms with Crippen molar-refractivity contribution in [2.24, 2.45) is 5.73 Å². The zero-order chi connectivity index (χ0) is 16.1. The van der Waals surface area contributed by atoms with Crippen LogP contribution in [0.4, 0.5) is 5.69 Å². The van der Waals surface area contributed by atoms with Crippen LogP contribution in [0.25, 0.3) is 0 Å². The van der Waals surface area contributed by atoms with Gasteiger partial charge in [0.15, 0.2) is 6.61 Å². The van der Waals surface area contributed by atoms with Gasteiger partial charge < -0.3 is 15.8 Å². The smallest absolute Gasteiger partial charge is 0.255 e. The fourth-order valence-corrected chi connectivity index (χ4v) is 2.57. The Morgan fingerprint density at radius 1 is 1.18 bits per heavy atom. The highest BCUT2D eigenvalue weighted by molar-refractivity contribution is 9.10. The summed E-state index contributed by atoms with van der Waals surface area (Å²) in [4.78, 5) is 10.7. The largest absolute Gasteiger partial charge is 0.483 e. The molecule has 4 nitrogen and oxygen atoms in total. The number of amides is 1. The van der Waals surface area contributed by atoms with Crippen LogP contribution in [0.1, 0.15) is 5.56 Å². The van der Waals surface area contributed by atoms with E-state index in [1.165, 1.54) is 0 Å². The van der Waals surface area contributed by atoms with E-state index in [0.717, 1.165) is 15.7 Å². The predicted octanol–water partition coefficient (Wildman–Crippen LogP) is 4.23. The Kier molecular flexibility index (Phi) is 5.94. The maximum Gasteiger partial charge on any atom is 0.255 e. The molecular weight excluding hydrogens is 391 g/mol. The number of ether oxygens (including phenoxy) is 1. The maximum absolute atomic E-state index is 10.7. The number of carbonyl (C=O) groups excluding carboxylic acids is 1. The summed E-state index contributed by atoms with van der Waals surface area (Å²) in [6.07, 6.45) is 0. The van der Waals surface area contributed by atoms with Gasteiger partial charge in [-0.05, 0) is 51.8 Å². The highest BCUT2D eigenvalue weighted by atomic mass is 79.9. The molecule has 0 saturated heterocycles. The maximum atomic E-state index is 10.7. The highest BCUT2D eigenvalue weighted by Crippen LogP contribution is 2.28. The number of primary amides is 1. The van der Waals surface area contributed by atoms with Crippen LogP contribution in [0.3, 0.4) is 0 Å². The number of benzene rings is 2. The molecule has 0 heterocycles. The summed E-state index contributed by atoms with van der Waals surface area (Å²) in [6, 6.07) is 10.9. The number of nitrogens with two attached hydrogens (primary N) is 1. The molecule has 0 saturated carbocycles. The Morgan fingerprint density at radius 3 is 2.59 bits per heavy atom. The molecule has 0 aliphatic rings. The van der Waals surface area contributed by atoms with Crippen LogP contribution in [0.15, 0.2) is 40.9 Å². The molecule has 2 aromatic carbocycles. The quantitative estimate of drug-likeness (QED) is 0.758. The van der Waals surface area contributed by atoms with Crippen LogP contribution in [0.5, 0.6) is 5.75 Å². The van der Waals surface area contributed by atoms with Crippen molar-refractivity contribution in [1.29, 1.82) is 0 Å². The molecule has 0 aliphatic carbocycles. The van der Waals surface area contributed by atoms with E-state index in [1.54, 1.807) is 18.2 Å². The molecule has 0 bridgehead atoms. The monoisotopic (exact) mass is 402 g/mol. The van der Waals surface area contributed by atoms with E-state index in [4.69, 9.17) is 33.7 Å². The third-order valence-electron chi connectivity index (χ3n) is 2.78. The molecule has 0 unspecified atom stereocenters. The fourth-order valence-electron chi connectivity index (χ4n) is 1.73. The number of hydrogen-bond acceptors (Lipinski definition) is 3. The van der Waals surface area contributed by atoms with Crippen molar-refractivity contribution in [2.75, 3.05) is 11.9 Å². The lowest BCUT2D eigenvalue weighted by Crippen LogP contribution is -2.20. The van der Waals surface area contributed by atoms with Gasteiger partial charge in [0.25, 0.3) is 5.91 Å². The van der Waals surface area contributed by atoms with E-state index in [9.17, 15) is 4.79 Å². The van der Waals surface area contributed by atoms with Crippen LogP contribution in [0, 0.1) is 0 Å². The van der Waals surface area contributed by atoms with Crippen LogP contribution in [-0.4, -0.2) is 12.5 Å². The molecule has 0 fully saturated rings. The Morgan fingerprint density at radius 2 is 1.95 bits per heavy atom. The van der Waals surface area contributed by atoms with Crippen LogP contribution < -0.4 is 15.8 Å². The van der Waals surface area contributed by atoms with Gasteiger partial charge in [0.2, 0.25) is 0 Å². The van der Waals surface area contributed by atoms with Crippen molar-refractivity contribution in [3.8, 4) is 5.75 Å². The van der Waals surface area contributed by atoms with Gasteiger partial charge in [0.1, 0.15) is 5.75 Å². The molecule has 3 N–H and O–H groups in total. The standard InChI is InChI=1S/C15H13BrCl2N2O2/c16-11-5-9(1-4-14(11)22-8-15(19)21)7-20-10-2-3-12(17)13(18)6-10/h1-6,20H,7-8H2,(H2,19,21). The van der Waals surface area contributed by atoms with Gasteiger partial charge in [0.05, 0.1) is 14.5 Å². The summed E-state index contributed by atoms with van der Waals surface area (Å²) in [6.45, 7) is 0.451. The van der Waals surface area contributed by atoms with Crippen LogP contribution in [-0.2, 0) is 11.3 Å². The summed E-state index contributed by atoms with van der Waals surface area (Å²) in [5.74, 6) is 0.0503. The molecule has 22 heavy (non-hydrogen) atoms. The highest BCUT2D eigenvalue weighted by Gasteiger charge is 2.05. The topological polar surface area (TPSA) is 64.4 Å². The van der Waals surface area contributed by atoms with E-state index in [2.05, 4.69) is 21.2 Å². The summed E-state index contributed by atoms with van der Waals surface area (Å²) in [7, 11) is 0. The Balaban J connectivity index is 1.99. The predicted molar refractivity (Wildman–Crippen MR) is 92.6 cm³/mol. The average molecular weight is 404 g/mol. The zero-order valence-electron chi connectivity index (χ0n) is 11.4. The lowest BCUT2D eigenvalue weighted by atomic mass is 10.2. The van der Waals surface area contributed by atoms with Crippen LogP contribution >= 0.6 is 39.1 Å². The minimum atomic E-state index is -0.516. The first-order chi connectivity index (χ1) is 10.5. The van der Waals surface area contributed by atoms with E-state index in [1.807, 2.05) is 18.2 Å². The van der Waals surface area contributed by atoms with Crippen molar-refractivity contribution in [1.82, 2.24) is 0 Å². The number of rotatable bonds is 6. The molecule has 0 radical (unpaired) electrons. The number of halogens is 3. The Labute approximate surface area is 146 Å². The molecular formula is C15H13BrCl2N2O2. The third kappa shape index (κ3) is 4.80. The molecule has 7 heteroatoms. The average Bonchev–Trinajstić information content (AvgIpc) is 2.47. The number of hydrogen-bond donors (Lipinski definition) is 2. The molecule has 0 atom stereocenters. The minimum Gasteiger partial charge on any atom is -0.483 e. The van der Waals surface area contributed by atoms with Gasteiger partial charge in [-0.15, -0.1) is 0 Å². The minimum absolute atomic E-state index is 0.153. The summed E-state index contributed by atoms with van der Waals surface area (Å²) in [5, 5.41) is 4.27. The van der Waals surface area contributed by atoms with E-state index in [-0.39, 0.29) is 6.61 Å². The van der Waals surface area contributed by atoms with Crippen molar-refractivity contribution in [3.05, 3.63) is 56.5 Å². The SMILES string of the molecule is NC(=O)COc1ccc(CNc2ccc(Cl)c(Cl)c2)cc1Br. The normalized spacial score (nSPS) is 10.3. The first kappa shape index (κ1) is 16.9. The molecule has 2 aromatic rings. The van der Waals surface area contributed by atoms with Gasteiger partial charge >= 0.3 is 0 Å². The van der Waals surface area contributed by atoms with E-state index < -0.39 is 5.91 Å². The van der Waals surface area contributed by atoms with Crippen molar-refractivity contribution in [3.63, 3.8) is 0 Å². The zero-order valence-corrected chi connectivity index (χ0v) is 14.5. The first-order valence-corrected chi connectivity index (χ1v) is 7.89. The lowest BCUT2D eigenvalue weighted by molar-refractivity contribution is -0.119. The summed E-state index contributed by atoms with van der Waals surface area (Å²) in [5.41, 5.74) is 6.95. The molecule has 0 aliphatic heterocycles. The van der Waals surface area contributed by atoms with Crippen molar-refractivity contribution >= 4 is 50.7 Å². The third-order valence-corrected chi connectivity index (χ3v) is 4.14. The lowest BCUT2D eigenvalue weighted by Gasteiger charge is -2.10. The van der Waals surface area contributed by atoms with Gasteiger partial charge in [-0.3, -0.25) is 4.79 Å². The van der Waals surface area contributed by atoms with Gasteiger partial charge in [-0.25, -0.2) is 0 Å². The Bertz CT molecular complexity index is 695. The second kappa shape index (κ2) is 7.72. The summed E-state index contributed by atoms with van der Waals surface area (Å²) >= 11 is 15.2. The number of anilines is 1.